The van der Waals surface area contributed by atoms with E-state index in [-0.39, 0.29) is 5.78 Å². The van der Waals surface area contributed by atoms with Gasteiger partial charge in [0.1, 0.15) is 17.1 Å². The lowest BCUT2D eigenvalue weighted by atomic mass is 9.98. The second-order valence-electron chi connectivity index (χ2n) is 8.74. The number of benzene rings is 2. The maximum absolute atomic E-state index is 13.6. The van der Waals surface area contributed by atoms with Gasteiger partial charge in [-0.15, -0.1) is 0 Å². The van der Waals surface area contributed by atoms with Crippen LogP contribution in [0.3, 0.4) is 0 Å². The molecular formula is C27H30I2O3. The van der Waals surface area contributed by atoms with Crippen molar-refractivity contribution in [1.29, 1.82) is 0 Å². The van der Waals surface area contributed by atoms with Crippen molar-refractivity contribution < 1.29 is 13.9 Å². The molecule has 0 saturated heterocycles. The summed E-state index contributed by atoms with van der Waals surface area (Å²) in [6.07, 6.45) is 10.8. The van der Waals surface area contributed by atoms with E-state index in [0.717, 1.165) is 67.8 Å². The number of halogens is 2. The summed E-state index contributed by atoms with van der Waals surface area (Å²) < 4.78 is 14.2. The van der Waals surface area contributed by atoms with Crippen molar-refractivity contribution in [2.75, 3.05) is 6.61 Å². The van der Waals surface area contributed by atoms with Crippen LogP contribution in [0, 0.1) is 13.1 Å². The van der Waals surface area contributed by atoms with E-state index in [2.05, 4.69) is 52.1 Å². The van der Waals surface area contributed by atoms with E-state index in [1.807, 2.05) is 36.4 Å². The molecule has 4 rings (SSSR count). The van der Waals surface area contributed by atoms with E-state index in [1.165, 1.54) is 32.1 Å². The van der Waals surface area contributed by atoms with E-state index >= 15 is 0 Å². The van der Waals surface area contributed by atoms with Gasteiger partial charge < -0.3 is 9.15 Å². The normalized spacial score (nSPS) is 14.3. The van der Waals surface area contributed by atoms with Crippen LogP contribution in [0.25, 0.3) is 11.0 Å². The van der Waals surface area contributed by atoms with Gasteiger partial charge in [0.25, 0.3) is 0 Å². The predicted octanol–water partition coefficient (Wildman–Crippen LogP) is 8.56. The van der Waals surface area contributed by atoms with E-state index in [4.69, 9.17) is 9.15 Å². The van der Waals surface area contributed by atoms with Crippen LogP contribution >= 0.6 is 45.2 Å². The number of unbranched alkanes of at least 4 members (excludes halogenated alkanes) is 1. The first kappa shape index (κ1) is 24.0. The van der Waals surface area contributed by atoms with Crippen molar-refractivity contribution in [3.8, 4) is 5.75 Å². The molecule has 1 aliphatic carbocycles. The number of fused-ring (bicyclic) bond motifs is 1. The summed E-state index contributed by atoms with van der Waals surface area (Å²) in [4.78, 5) is 13.6. The van der Waals surface area contributed by atoms with E-state index < -0.39 is 0 Å². The molecule has 0 unspecified atom stereocenters. The summed E-state index contributed by atoms with van der Waals surface area (Å²) in [5, 5.41) is 0.904. The summed E-state index contributed by atoms with van der Waals surface area (Å²) >= 11 is 4.59. The zero-order chi connectivity index (χ0) is 22.5. The fraction of sp³-hybridized carbons (Fsp3) is 0.444. The minimum Gasteiger partial charge on any atom is -0.491 e. The van der Waals surface area contributed by atoms with Crippen LogP contribution in [0.1, 0.15) is 80.0 Å². The first-order chi connectivity index (χ1) is 15.6. The largest absolute Gasteiger partial charge is 0.491 e. The van der Waals surface area contributed by atoms with Gasteiger partial charge in [-0.25, -0.2) is 0 Å². The Morgan fingerprint density at radius 1 is 1.09 bits per heavy atom. The van der Waals surface area contributed by atoms with Gasteiger partial charge in [0.05, 0.1) is 19.3 Å². The Hall–Kier alpha value is -1.09. The average Bonchev–Trinajstić information content (AvgIpc) is 3.43. The molecule has 0 aliphatic heterocycles. The van der Waals surface area contributed by atoms with Crippen molar-refractivity contribution in [2.24, 2.45) is 5.92 Å². The minimum absolute atomic E-state index is 0.0321. The highest BCUT2D eigenvalue weighted by Crippen LogP contribution is 2.34. The molecule has 1 saturated carbocycles. The molecule has 0 spiro atoms. The Kier molecular flexibility index (Phi) is 8.54. The molecule has 1 aliphatic rings. The Labute approximate surface area is 218 Å². The second kappa shape index (κ2) is 11.4. The smallest absolute Gasteiger partial charge is 0.197 e. The lowest BCUT2D eigenvalue weighted by Gasteiger charge is -2.13. The lowest BCUT2D eigenvalue weighted by molar-refractivity contribution is 0.103. The van der Waals surface area contributed by atoms with Crippen molar-refractivity contribution in [2.45, 2.75) is 64.7 Å². The van der Waals surface area contributed by atoms with Crippen LogP contribution in [0.15, 0.2) is 40.8 Å². The van der Waals surface area contributed by atoms with Crippen molar-refractivity contribution in [1.82, 2.24) is 0 Å². The third kappa shape index (κ3) is 5.51. The molecule has 32 heavy (non-hydrogen) atoms. The number of furan rings is 1. The molecule has 3 nitrogen and oxygen atoms in total. The number of ether oxygens (including phenoxy) is 1. The van der Waals surface area contributed by atoms with Gasteiger partial charge in [0, 0.05) is 17.4 Å². The number of aryl methyl sites for hydroxylation is 1. The molecule has 1 heterocycles. The maximum atomic E-state index is 13.6. The van der Waals surface area contributed by atoms with Gasteiger partial charge in [-0.05, 0) is 88.6 Å². The van der Waals surface area contributed by atoms with Gasteiger partial charge in [-0.1, -0.05) is 57.2 Å². The van der Waals surface area contributed by atoms with Gasteiger partial charge >= 0.3 is 0 Å². The van der Waals surface area contributed by atoms with Crippen LogP contribution < -0.4 is 4.74 Å². The predicted molar refractivity (Wildman–Crippen MR) is 147 cm³/mol. The maximum Gasteiger partial charge on any atom is 0.197 e. The molecule has 0 atom stereocenters. The summed E-state index contributed by atoms with van der Waals surface area (Å²) in [5.41, 5.74) is 2.20. The highest BCUT2D eigenvalue weighted by atomic mass is 127. The molecule has 1 aromatic heterocycles. The second-order valence-corrected chi connectivity index (χ2v) is 11.1. The van der Waals surface area contributed by atoms with Gasteiger partial charge in [0.2, 0.25) is 0 Å². The first-order valence-electron chi connectivity index (χ1n) is 11.8. The van der Waals surface area contributed by atoms with Crippen LogP contribution in [0.2, 0.25) is 0 Å². The van der Waals surface area contributed by atoms with Crippen LogP contribution in [-0.2, 0) is 6.42 Å². The average molecular weight is 656 g/mol. The molecule has 1 fully saturated rings. The molecule has 0 radical (unpaired) electrons. The van der Waals surface area contributed by atoms with Gasteiger partial charge in [-0.3, -0.25) is 4.79 Å². The molecule has 2 aromatic carbocycles. The fourth-order valence-electron chi connectivity index (χ4n) is 4.68. The number of rotatable bonds is 10. The summed E-state index contributed by atoms with van der Waals surface area (Å²) in [6.45, 7) is 2.89. The minimum atomic E-state index is 0.0321. The summed E-state index contributed by atoms with van der Waals surface area (Å²) in [7, 11) is 0. The van der Waals surface area contributed by atoms with E-state index in [0.29, 0.717) is 11.1 Å². The van der Waals surface area contributed by atoms with Crippen LogP contribution in [0.5, 0.6) is 5.75 Å². The van der Waals surface area contributed by atoms with Crippen LogP contribution in [0.4, 0.5) is 0 Å². The molecule has 0 amide bonds. The number of hydrogen-bond acceptors (Lipinski definition) is 3. The zero-order valence-corrected chi connectivity index (χ0v) is 22.9. The number of hydrogen-bond donors (Lipinski definition) is 0. The van der Waals surface area contributed by atoms with Crippen molar-refractivity contribution >= 4 is 61.9 Å². The summed E-state index contributed by atoms with van der Waals surface area (Å²) in [6, 6.07) is 11.8. The topological polar surface area (TPSA) is 39.4 Å². The highest BCUT2D eigenvalue weighted by Gasteiger charge is 2.23. The zero-order valence-electron chi connectivity index (χ0n) is 18.6. The van der Waals surface area contributed by atoms with Gasteiger partial charge in [0.15, 0.2) is 5.78 Å². The number of carbonyl (C=O) groups excluding carboxylic acids is 1. The third-order valence-corrected chi connectivity index (χ3v) is 7.99. The van der Waals surface area contributed by atoms with E-state index in [1.54, 1.807) is 0 Å². The molecule has 170 valence electrons. The Morgan fingerprint density at radius 2 is 1.81 bits per heavy atom. The fourth-order valence-corrected chi connectivity index (χ4v) is 6.76. The molecule has 0 bridgehead atoms. The number of carbonyl (C=O) groups is 1. The van der Waals surface area contributed by atoms with Crippen molar-refractivity contribution in [3.63, 3.8) is 0 Å². The first-order valence-corrected chi connectivity index (χ1v) is 13.9. The van der Waals surface area contributed by atoms with Crippen LogP contribution in [-0.4, -0.2) is 12.4 Å². The SMILES string of the molecule is CCCCc1oc2ccccc2c1C(=O)c1cc(I)c(OCCCC2CCCC2)c(I)c1. The molecular weight excluding hydrogens is 626 g/mol. The Morgan fingerprint density at radius 3 is 2.53 bits per heavy atom. The Bertz CT molecular complexity index is 1060. The molecule has 3 aromatic rings. The number of para-hydroxylation sites is 1. The Balaban J connectivity index is 1.53. The standard InChI is InChI=1S/C27H30I2O3/c1-2-3-13-24-25(20-12-6-7-14-23(20)32-24)26(30)19-16-21(28)27(22(29)17-19)31-15-8-11-18-9-4-5-10-18/h6-7,12,14,16-18H,2-5,8-11,13,15H2,1H3. The third-order valence-electron chi connectivity index (χ3n) is 6.39. The van der Waals surface area contributed by atoms with E-state index in [9.17, 15) is 4.79 Å². The quantitative estimate of drug-likeness (QED) is 0.125. The molecule has 0 N–H and O–H groups in total. The molecule has 5 heteroatoms. The lowest BCUT2D eigenvalue weighted by Crippen LogP contribution is -2.07. The number of ketones is 1. The monoisotopic (exact) mass is 656 g/mol. The summed E-state index contributed by atoms with van der Waals surface area (Å²) in [5.74, 6) is 2.63. The van der Waals surface area contributed by atoms with Crippen molar-refractivity contribution in [3.05, 3.63) is 60.4 Å². The highest BCUT2D eigenvalue weighted by molar-refractivity contribution is 14.1. The van der Waals surface area contributed by atoms with Gasteiger partial charge in [-0.2, -0.15) is 0 Å².